The molecular formula is C12H15ClN4S. The van der Waals surface area contributed by atoms with Gasteiger partial charge in [0.05, 0.1) is 5.01 Å². The summed E-state index contributed by atoms with van der Waals surface area (Å²) in [6.45, 7) is 6.66. The molecule has 18 heavy (non-hydrogen) atoms. The Kier molecular flexibility index (Phi) is 4.14. The average molecular weight is 283 g/mol. The predicted octanol–water partition coefficient (Wildman–Crippen LogP) is 3.42. The van der Waals surface area contributed by atoms with Crippen molar-refractivity contribution in [1.82, 2.24) is 15.0 Å². The molecule has 4 nitrogen and oxygen atoms in total. The molecule has 1 atom stereocenters. The lowest BCUT2D eigenvalue weighted by Crippen LogP contribution is -2.12. The second-order valence-electron chi connectivity index (χ2n) is 4.19. The van der Waals surface area contributed by atoms with Gasteiger partial charge in [0.15, 0.2) is 0 Å². The van der Waals surface area contributed by atoms with Crippen LogP contribution < -0.4 is 5.32 Å². The molecular weight excluding hydrogens is 268 g/mol. The van der Waals surface area contributed by atoms with E-state index in [-0.39, 0.29) is 0 Å². The standard InChI is InChI=1S/C12H15ClN4S/c1-7(12-14-4-5-18-12)6-15-11-8(2)10(13)16-9(3)17-11/h4-5,7H,6H2,1-3H3,(H,15,16,17). The molecule has 6 heteroatoms. The molecule has 0 aliphatic rings. The topological polar surface area (TPSA) is 50.7 Å². The van der Waals surface area contributed by atoms with E-state index in [2.05, 4.69) is 27.2 Å². The Labute approximate surface area is 115 Å². The normalized spacial score (nSPS) is 12.4. The van der Waals surface area contributed by atoms with Gasteiger partial charge in [-0.3, -0.25) is 0 Å². The number of aromatic nitrogens is 3. The van der Waals surface area contributed by atoms with Crippen molar-refractivity contribution in [1.29, 1.82) is 0 Å². The van der Waals surface area contributed by atoms with Gasteiger partial charge in [0.1, 0.15) is 16.8 Å². The number of hydrogen-bond acceptors (Lipinski definition) is 5. The highest BCUT2D eigenvalue weighted by Gasteiger charge is 2.11. The molecule has 2 aromatic rings. The number of anilines is 1. The van der Waals surface area contributed by atoms with E-state index in [9.17, 15) is 0 Å². The lowest BCUT2D eigenvalue weighted by atomic mass is 10.2. The highest BCUT2D eigenvalue weighted by atomic mass is 35.5. The van der Waals surface area contributed by atoms with Gasteiger partial charge in [-0.1, -0.05) is 18.5 Å². The van der Waals surface area contributed by atoms with E-state index in [0.29, 0.717) is 16.9 Å². The van der Waals surface area contributed by atoms with E-state index in [4.69, 9.17) is 11.6 Å². The van der Waals surface area contributed by atoms with Crippen LogP contribution in [0.3, 0.4) is 0 Å². The van der Waals surface area contributed by atoms with Gasteiger partial charge >= 0.3 is 0 Å². The van der Waals surface area contributed by atoms with E-state index in [1.54, 1.807) is 11.3 Å². The molecule has 1 unspecified atom stereocenters. The number of thiazole rings is 1. The van der Waals surface area contributed by atoms with E-state index in [0.717, 1.165) is 22.9 Å². The van der Waals surface area contributed by atoms with Gasteiger partial charge in [-0.15, -0.1) is 11.3 Å². The maximum atomic E-state index is 6.03. The molecule has 0 fully saturated rings. The van der Waals surface area contributed by atoms with Crippen LogP contribution in [-0.2, 0) is 0 Å². The molecule has 1 N–H and O–H groups in total. The van der Waals surface area contributed by atoms with Crippen LogP contribution in [0.2, 0.25) is 5.15 Å². The predicted molar refractivity (Wildman–Crippen MR) is 75.5 cm³/mol. The van der Waals surface area contributed by atoms with Gasteiger partial charge in [-0.2, -0.15) is 0 Å². The summed E-state index contributed by atoms with van der Waals surface area (Å²) in [7, 11) is 0. The van der Waals surface area contributed by atoms with Gasteiger partial charge in [0.25, 0.3) is 0 Å². The lowest BCUT2D eigenvalue weighted by Gasteiger charge is -2.13. The van der Waals surface area contributed by atoms with Crippen LogP contribution in [0.15, 0.2) is 11.6 Å². The zero-order valence-corrected chi connectivity index (χ0v) is 12.1. The summed E-state index contributed by atoms with van der Waals surface area (Å²) >= 11 is 7.70. The summed E-state index contributed by atoms with van der Waals surface area (Å²) in [6, 6.07) is 0. The summed E-state index contributed by atoms with van der Waals surface area (Å²) < 4.78 is 0. The Morgan fingerprint density at radius 1 is 1.39 bits per heavy atom. The van der Waals surface area contributed by atoms with E-state index in [1.807, 2.05) is 25.4 Å². The molecule has 2 rings (SSSR count). The molecule has 0 saturated carbocycles. The van der Waals surface area contributed by atoms with Crippen molar-refractivity contribution in [2.75, 3.05) is 11.9 Å². The fourth-order valence-corrected chi connectivity index (χ4v) is 2.49. The summed E-state index contributed by atoms with van der Waals surface area (Å²) in [6.07, 6.45) is 1.83. The first-order valence-corrected chi connectivity index (χ1v) is 6.97. The van der Waals surface area contributed by atoms with Crippen molar-refractivity contribution in [3.05, 3.63) is 33.1 Å². The minimum Gasteiger partial charge on any atom is -0.369 e. The second kappa shape index (κ2) is 5.63. The van der Waals surface area contributed by atoms with Crippen molar-refractivity contribution in [3.8, 4) is 0 Å². The molecule has 0 aliphatic heterocycles. The fourth-order valence-electron chi connectivity index (χ4n) is 1.58. The Morgan fingerprint density at radius 2 is 2.17 bits per heavy atom. The Balaban J connectivity index is 2.06. The first kappa shape index (κ1) is 13.2. The Hall–Kier alpha value is -1.20. The number of rotatable bonds is 4. The van der Waals surface area contributed by atoms with Gasteiger partial charge in [0, 0.05) is 29.6 Å². The molecule has 0 amide bonds. The summed E-state index contributed by atoms with van der Waals surface area (Å²) in [5.74, 6) is 1.82. The van der Waals surface area contributed by atoms with Crippen molar-refractivity contribution in [2.24, 2.45) is 0 Å². The van der Waals surface area contributed by atoms with Gasteiger partial charge in [0.2, 0.25) is 0 Å². The Bertz CT molecular complexity index is 527. The minimum atomic E-state index is 0.346. The van der Waals surface area contributed by atoms with Crippen LogP contribution in [-0.4, -0.2) is 21.5 Å². The summed E-state index contributed by atoms with van der Waals surface area (Å²) in [5, 5.41) is 6.93. The smallest absolute Gasteiger partial charge is 0.137 e. The summed E-state index contributed by atoms with van der Waals surface area (Å²) in [4.78, 5) is 12.8. The van der Waals surface area contributed by atoms with Crippen molar-refractivity contribution < 1.29 is 0 Å². The number of nitrogens with zero attached hydrogens (tertiary/aromatic N) is 3. The highest BCUT2D eigenvalue weighted by Crippen LogP contribution is 2.22. The van der Waals surface area contributed by atoms with Gasteiger partial charge in [-0.05, 0) is 13.8 Å². The quantitative estimate of drug-likeness (QED) is 0.873. The van der Waals surface area contributed by atoms with E-state index < -0.39 is 0 Å². The molecule has 0 aliphatic carbocycles. The zero-order valence-electron chi connectivity index (χ0n) is 10.6. The van der Waals surface area contributed by atoms with Crippen LogP contribution in [0, 0.1) is 13.8 Å². The van der Waals surface area contributed by atoms with Crippen molar-refractivity contribution in [2.45, 2.75) is 26.7 Å². The molecule has 0 saturated heterocycles. The van der Waals surface area contributed by atoms with Crippen LogP contribution in [0.5, 0.6) is 0 Å². The molecule has 96 valence electrons. The minimum absolute atomic E-state index is 0.346. The van der Waals surface area contributed by atoms with Gasteiger partial charge in [-0.25, -0.2) is 15.0 Å². The van der Waals surface area contributed by atoms with Crippen LogP contribution in [0.25, 0.3) is 0 Å². The first-order chi connectivity index (χ1) is 8.58. The number of hydrogen-bond donors (Lipinski definition) is 1. The summed E-state index contributed by atoms with van der Waals surface area (Å²) in [5.41, 5.74) is 0.883. The van der Waals surface area contributed by atoms with Crippen LogP contribution in [0.4, 0.5) is 5.82 Å². The van der Waals surface area contributed by atoms with Gasteiger partial charge < -0.3 is 5.32 Å². The second-order valence-corrected chi connectivity index (χ2v) is 5.47. The van der Waals surface area contributed by atoms with E-state index >= 15 is 0 Å². The van der Waals surface area contributed by atoms with E-state index in [1.165, 1.54) is 0 Å². The third kappa shape index (κ3) is 2.97. The number of halogens is 1. The average Bonchev–Trinajstić information content (AvgIpc) is 2.85. The lowest BCUT2D eigenvalue weighted by molar-refractivity contribution is 0.789. The largest absolute Gasteiger partial charge is 0.369 e. The molecule has 0 aromatic carbocycles. The van der Waals surface area contributed by atoms with Crippen LogP contribution >= 0.6 is 22.9 Å². The number of nitrogens with one attached hydrogen (secondary N) is 1. The molecule has 2 heterocycles. The molecule has 2 aromatic heterocycles. The monoisotopic (exact) mass is 282 g/mol. The van der Waals surface area contributed by atoms with Crippen molar-refractivity contribution >= 4 is 28.8 Å². The SMILES string of the molecule is Cc1nc(Cl)c(C)c(NCC(C)c2nccs2)n1. The first-order valence-electron chi connectivity index (χ1n) is 5.72. The maximum Gasteiger partial charge on any atom is 0.137 e. The molecule has 0 bridgehead atoms. The van der Waals surface area contributed by atoms with Crippen molar-refractivity contribution in [3.63, 3.8) is 0 Å². The maximum absolute atomic E-state index is 6.03. The Morgan fingerprint density at radius 3 is 2.83 bits per heavy atom. The van der Waals surface area contributed by atoms with Crippen LogP contribution in [0.1, 0.15) is 29.2 Å². The highest BCUT2D eigenvalue weighted by molar-refractivity contribution is 7.09. The fraction of sp³-hybridized carbons (Fsp3) is 0.417. The molecule has 0 spiro atoms. The zero-order chi connectivity index (χ0) is 13.1. The third-order valence-electron chi connectivity index (χ3n) is 2.65. The number of aryl methyl sites for hydroxylation is 1. The molecule has 0 radical (unpaired) electrons. The third-order valence-corrected chi connectivity index (χ3v) is 4.02.